The first kappa shape index (κ1) is 17.0. The molecule has 2 aromatic rings. The topological polar surface area (TPSA) is 97.1 Å². The van der Waals surface area contributed by atoms with Gasteiger partial charge in [-0.05, 0) is 31.5 Å². The van der Waals surface area contributed by atoms with Gasteiger partial charge in [-0.2, -0.15) is 0 Å². The van der Waals surface area contributed by atoms with Crippen LogP contribution in [0.2, 0.25) is 5.02 Å². The van der Waals surface area contributed by atoms with Crippen molar-refractivity contribution in [3.8, 4) is 5.69 Å². The number of rotatable bonds is 6. The van der Waals surface area contributed by atoms with Crippen molar-refractivity contribution in [3.63, 3.8) is 0 Å². The molecule has 1 aromatic carbocycles. The lowest BCUT2D eigenvalue weighted by atomic mass is 10.1. The van der Waals surface area contributed by atoms with Crippen LogP contribution in [0.3, 0.4) is 0 Å². The normalized spacial score (nSPS) is 10.6. The van der Waals surface area contributed by atoms with Crippen LogP contribution < -0.4 is 5.32 Å². The first-order valence-corrected chi connectivity index (χ1v) is 7.63. The monoisotopic (exact) mass is 336 g/mol. The molecule has 0 saturated heterocycles. The van der Waals surface area contributed by atoms with E-state index >= 15 is 0 Å². The number of aromatic carboxylic acids is 1. The number of carboxylic acids is 1. The van der Waals surface area contributed by atoms with E-state index in [4.69, 9.17) is 11.6 Å². The predicted molar refractivity (Wildman–Crippen MR) is 85.3 cm³/mol. The maximum Gasteiger partial charge on any atom is 0.358 e. The smallest absolute Gasteiger partial charge is 0.358 e. The van der Waals surface area contributed by atoms with Crippen molar-refractivity contribution in [3.05, 3.63) is 40.2 Å². The molecule has 0 spiro atoms. The molecule has 0 saturated carbocycles. The summed E-state index contributed by atoms with van der Waals surface area (Å²) in [6.07, 6.45) is 1.24. The number of amides is 1. The zero-order valence-electron chi connectivity index (χ0n) is 12.8. The molecule has 0 unspecified atom stereocenters. The Hall–Kier alpha value is -2.41. The Bertz CT molecular complexity index is 742. The molecule has 0 aliphatic rings. The summed E-state index contributed by atoms with van der Waals surface area (Å²) in [6, 6.07) is 4.77. The Kier molecular flexibility index (Phi) is 5.33. The van der Waals surface area contributed by atoms with Gasteiger partial charge in [-0.25, -0.2) is 9.48 Å². The minimum atomic E-state index is -1.13. The van der Waals surface area contributed by atoms with Gasteiger partial charge in [0.1, 0.15) is 0 Å². The Morgan fingerprint density at radius 1 is 1.35 bits per heavy atom. The van der Waals surface area contributed by atoms with Crippen LogP contribution in [0.4, 0.5) is 0 Å². The minimum Gasteiger partial charge on any atom is -0.476 e. The molecule has 2 rings (SSSR count). The molecular formula is C15H17ClN4O3. The third-order valence-corrected chi connectivity index (χ3v) is 3.53. The number of nitrogens with zero attached hydrogens (tertiary/aromatic N) is 3. The Morgan fingerprint density at radius 3 is 2.65 bits per heavy atom. The quantitative estimate of drug-likeness (QED) is 0.843. The first-order valence-electron chi connectivity index (χ1n) is 7.25. The summed E-state index contributed by atoms with van der Waals surface area (Å²) >= 11 is 6.25. The standard InChI is InChI=1S/C15H17ClN4O3/c1-3-5-12-13(15(22)23)18-19-20(12)11-7-6-9(8-10(11)16)14(21)17-4-2/h6-8H,3-5H2,1-2H3,(H,17,21)(H,22,23). The van der Waals surface area contributed by atoms with E-state index in [9.17, 15) is 14.7 Å². The highest BCUT2D eigenvalue weighted by Crippen LogP contribution is 2.24. The zero-order valence-corrected chi connectivity index (χ0v) is 13.6. The van der Waals surface area contributed by atoms with Gasteiger partial charge in [0.2, 0.25) is 0 Å². The molecule has 7 nitrogen and oxygen atoms in total. The van der Waals surface area contributed by atoms with E-state index in [0.29, 0.717) is 34.9 Å². The van der Waals surface area contributed by atoms with Gasteiger partial charge in [-0.1, -0.05) is 30.2 Å². The highest BCUT2D eigenvalue weighted by atomic mass is 35.5. The summed E-state index contributed by atoms with van der Waals surface area (Å²) in [7, 11) is 0. The lowest BCUT2D eigenvalue weighted by molar-refractivity contribution is 0.0689. The Labute approximate surface area is 138 Å². The van der Waals surface area contributed by atoms with Crippen LogP contribution in [0.25, 0.3) is 5.69 Å². The van der Waals surface area contributed by atoms with Crippen molar-refractivity contribution in [2.45, 2.75) is 26.7 Å². The van der Waals surface area contributed by atoms with Gasteiger partial charge in [0.05, 0.1) is 16.4 Å². The number of carboxylic acid groups (broad SMARTS) is 1. The first-order chi connectivity index (χ1) is 11.0. The van der Waals surface area contributed by atoms with Crippen molar-refractivity contribution < 1.29 is 14.7 Å². The molecule has 1 heterocycles. The van der Waals surface area contributed by atoms with Crippen molar-refractivity contribution in [1.29, 1.82) is 0 Å². The van der Waals surface area contributed by atoms with Crippen LogP contribution in [0, 0.1) is 0 Å². The summed E-state index contributed by atoms with van der Waals surface area (Å²) in [5.74, 6) is -1.35. The SMILES string of the molecule is CCCc1c(C(=O)O)nnn1-c1ccc(C(=O)NCC)cc1Cl. The van der Waals surface area contributed by atoms with E-state index < -0.39 is 5.97 Å². The van der Waals surface area contributed by atoms with Crippen molar-refractivity contribution in [1.82, 2.24) is 20.3 Å². The third kappa shape index (κ3) is 3.50. The van der Waals surface area contributed by atoms with Crippen LogP contribution >= 0.6 is 11.6 Å². The summed E-state index contributed by atoms with van der Waals surface area (Å²) in [5.41, 5.74) is 1.31. The van der Waals surface area contributed by atoms with Gasteiger partial charge >= 0.3 is 5.97 Å². The molecule has 0 bridgehead atoms. The van der Waals surface area contributed by atoms with E-state index in [1.807, 2.05) is 13.8 Å². The van der Waals surface area contributed by atoms with Gasteiger partial charge in [0, 0.05) is 12.1 Å². The molecule has 0 radical (unpaired) electrons. The predicted octanol–water partition coefficient (Wildman–Crippen LogP) is 2.32. The fourth-order valence-electron chi connectivity index (χ4n) is 2.20. The second-order valence-electron chi connectivity index (χ2n) is 4.88. The fourth-order valence-corrected chi connectivity index (χ4v) is 2.47. The van der Waals surface area contributed by atoms with Gasteiger partial charge in [0.25, 0.3) is 5.91 Å². The number of halogens is 1. The molecule has 8 heteroatoms. The van der Waals surface area contributed by atoms with E-state index in [1.165, 1.54) is 10.7 Å². The van der Waals surface area contributed by atoms with E-state index in [0.717, 1.165) is 6.42 Å². The fraction of sp³-hybridized carbons (Fsp3) is 0.333. The van der Waals surface area contributed by atoms with Gasteiger partial charge < -0.3 is 10.4 Å². The average Bonchev–Trinajstić information content (AvgIpc) is 2.91. The van der Waals surface area contributed by atoms with E-state index in [-0.39, 0.29) is 11.6 Å². The number of hydrogen-bond donors (Lipinski definition) is 2. The highest BCUT2D eigenvalue weighted by Gasteiger charge is 2.20. The van der Waals surface area contributed by atoms with Crippen LogP contribution in [-0.4, -0.2) is 38.5 Å². The number of nitrogens with one attached hydrogen (secondary N) is 1. The number of benzene rings is 1. The second kappa shape index (κ2) is 7.23. The molecule has 23 heavy (non-hydrogen) atoms. The number of hydrogen-bond acceptors (Lipinski definition) is 4. The second-order valence-corrected chi connectivity index (χ2v) is 5.28. The van der Waals surface area contributed by atoms with E-state index in [1.54, 1.807) is 12.1 Å². The van der Waals surface area contributed by atoms with Crippen LogP contribution in [0.5, 0.6) is 0 Å². The molecule has 1 amide bonds. The van der Waals surface area contributed by atoms with Crippen molar-refractivity contribution in [2.75, 3.05) is 6.54 Å². The van der Waals surface area contributed by atoms with Crippen molar-refractivity contribution >= 4 is 23.5 Å². The van der Waals surface area contributed by atoms with Crippen molar-refractivity contribution in [2.24, 2.45) is 0 Å². The Balaban J connectivity index is 2.46. The molecule has 2 N–H and O–H groups in total. The lowest BCUT2D eigenvalue weighted by Gasteiger charge is -2.10. The van der Waals surface area contributed by atoms with Gasteiger partial charge in [-0.15, -0.1) is 5.10 Å². The molecule has 0 atom stereocenters. The van der Waals surface area contributed by atoms with Crippen LogP contribution in [0.15, 0.2) is 18.2 Å². The van der Waals surface area contributed by atoms with Gasteiger partial charge in [-0.3, -0.25) is 4.79 Å². The average molecular weight is 337 g/mol. The summed E-state index contributed by atoms with van der Waals surface area (Å²) < 4.78 is 1.41. The molecule has 0 aliphatic heterocycles. The number of aromatic nitrogens is 3. The zero-order chi connectivity index (χ0) is 17.0. The minimum absolute atomic E-state index is 0.0873. The molecule has 1 aromatic heterocycles. The summed E-state index contributed by atoms with van der Waals surface area (Å²) in [4.78, 5) is 23.1. The Morgan fingerprint density at radius 2 is 2.09 bits per heavy atom. The molecule has 122 valence electrons. The van der Waals surface area contributed by atoms with Gasteiger partial charge in [0.15, 0.2) is 5.69 Å². The summed E-state index contributed by atoms with van der Waals surface area (Å²) in [6.45, 7) is 4.28. The lowest BCUT2D eigenvalue weighted by Crippen LogP contribution is -2.22. The summed E-state index contributed by atoms with van der Waals surface area (Å²) in [5, 5.41) is 19.8. The number of carbonyl (C=O) groups is 2. The molecule has 0 fully saturated rings. The molecular weight excluding hydrogens is 320 g/mol. The highest BCUT2D eigenvalue weighted by molar-refractivity contribution is 6.32. The largest absolute Gasteiger partial charge is 0.476 e. The maximum absolute atomic E-state index is 11.8. The molecule has 0 aliphatic carbocycles. The maximum atomic E-state index is 11.8. The van der Waals surface area contributed by atoms with Crippen LogP contribution in [-0.2, 0) is 6.42 Å². The van der Waals surface area contributed by atoms with Crippen LogP contribution in [0.1, 0.15) is 46.8 Å². The number of carbonyl (C=O) groups excluding carboxylic acids is 1. The third-order valence-electron chi connectivity index (χ3n) is 3.23. The van der Waals surface area contributed by atoms with E-state index in [2.05, 4.69) is 15.6 Å².